The largest absolute Gasteiger partial charge is 0.345 e. The highest BCUT2D eigenvalue weighted by Crippen LogP contribution is 2.22. The van der Waals surface area contributed by atoms with Crippen LogP contribution in [0, 0.1) is 0 Å². The lowest BCUT2D eigenvalue weighted by Crippen LogP contribution is -2.36. The van der Waals surface area contributed by atoms with Gasteiger partial charge in [-0.3, -0.25) is 4.79 Å². The van der Waals surface area contributed by atoms with Crippen LogP contribution in [0.1, 0.15) is 21.5 Å². The number of fused-ring (bicyclic) bond motifs is 2. The predicted molar refractivity (Wildman–Crippen MR) is 81.0 cm³/mol. The second-order valence-electron chi connectivity index (χ2n) is 5.35. The van der Waals surface area contributed by atoms with Gasteiger partial charge in [-0.05, 0) is 29.7 Å². The summed E-state index contributed by atoms with van der Waals surface area (Å²) in [5, 5.41) is 0. The summed E-state index contributed by atoms with van der Waals surface area (Å²) >= 11 is 0. The molecular formula is C17H15N3O. The van der Waals surface area contributed by atoms with E-state index in [1.807, 2.05) is 29.2 Å². The van der Waals surface area contributed by atoms with Crippen LogP contribution in [0.2, 0.25) is 0 Å². The average molecular weight is 277 g/mol. The first-order chi connectivity index (χ1) is 10.3. The molecule has 0 saturated heterocycles. The van der Waals surface area contributed by atoms with E-state index in [-0.39, 0.29) is 5.91 Å². The Morgan fingerprint density at radius 2 is 1.95 bits per heavy atom. The van der Waals surface area contributed by atoms with Gasteiger partial charge in [0.05, 0.1) is 17.4 Å². The number of amides is 1. The number of aromatic amines is 1. The smallest absolute Gasteiger partial charge is 0.256 e. The third-order valence-corrected chi connectivity index (χ3v) is 4.10. The molecule has 0 radical (unpaired) electrons. The van der Waals surface area contributed by atoms with Crippen LogP contribution in [0.25, 0.3) is 11.0 Å². The molecule has 2 aromatic carbocycles. The van der Waals surface area contributed by atoms with Gasteiger partial charge in [-0.2, -0.15) is 0 Å². The maximum atomic E-state index is 12.8. The molecule has 0 aliphatic carbocycles. The van der Waals surface area contributed by atoms with E-state index in [9.17, 15) is 4.79 Å². The Hall–Kier alpha value is -2.62. The molecular weight excluding hydrogens is 262 g/mol. The average Bonchev–Trinajstić information content (AvgIpc) is 3.02. The Morgan fingerprint density at radius 3 is 2.86 bits per heavy atom. The number of nitrogens with one attached hydrogen (secondary N) is 1. The first kappa shape index (κ1) is 12.1. The van der Waals surface area contributed by atoms with Gasteiger partial charge in [-0.1, -0.05) is 30.3 Å². The lowest BCUT2D eigenvalue weighted by atomic mass is 9.99. The van der Waals surface area contributed by atoms with Crippen molar-refractivity contribution in [2.45, 2.75) is 13.0 Å². The van der Waals surface area contributed by atoms with Crippen LogP contribution < -0.4 is 0 Å². The van der Waals surface area contributed by atoms with Crippen LogP contribution in [-0.4, -0.2) is 27.3 Å². The summed E-state index contributed by atoms with van der Waals surface area (Å²) in [6.07, 6.45) is 2.55. The van der Waals surface area contributed by atoms with Crippen LogP contribution >= 0.6 is 0 Å². The van der Waals surface area contributed by atoms with E-state index in [2.05, 4.69) is 28.2 Å². The SMILES string of the molecule is O=C(c1cccc2[nH]cnc12)N1CCc2ccccc2C1. The molecule has 0 saturated carbocycles. The molecule has 104 valence electrons. The van der Waals surface area contributed by atoms with Crippen molar-refractivity contribution in [2.75, 3.05) is 6.54 Å². The topological polar surface area (TPSA) is 49.0 Å². The highest BCUT2D eigenvalue weighted by molar-refractivity contribution is 6.04. The fraction of sp³-hybridized carbons (Fsp3) is 0.176. The van der Waals surface area contributed by atoms with E-state index in [1.165, 1.54) is 11.1 Å². The fourth-order valence-electron chi connectivity index (χ4n) is 2.98. The Labute approximate surface area is 122 Å². The molecule has 4 nitrogen and oxygen atoms in total. The van der Waals surface area contributed by atoms with Crippen LogP contribution in [0.5, 0.6) is 0 Å². The lowest BCUT2D eigenvalue weighted by Gasteiger charge is -2.29. The van der Waals surface area contributed by atoms with Crippen molar-refractivity contribution < 1.29 is 4.79 Å². The third kappa shape index (κ3) is 2.00. The number of benzene rings is 2. The Bertz CT molecular complexity index is 822. The lowest BCUT2D eigenvalue weighted by molar-refractivity contribution is 0.0736. The van der Waals surface area contributed by atoms with Crippen LogP contribution in [0.4, 0.5) is 0 Å². The van der Waals surface area contributed by atoms with E-state index >= 15 is 0 Å². The van der Waals surface area contributed by atoms with Gasteiger partial charge in [0.1, 0.15) is 5.52 Å². The normalized spacial score (nSPS) is 14.2. The molecule has 0 atom stereocenters. The molecule has 3 aromatic rings. The molecule has 0 fully saturated rings. The molecule has 0 spiro atoms. The fourth-order valence-corrected chi connectivity index (χ4v) is 2.98. The number of aromatic nitrogens is 2. The minimum Gasteiger partial charge on any atom is -0.345 e. The van der Waals surface area contributed by atoms with Crippen molar-refractivity contribution in [3.63, 3.8) is 0 Å². The van der Waals surface area contributed by atoms with Crippen molar-refractivity contribution in [3.05, 3.63) is 65.5 Å². The molecule has 1 amide bonds. The molecule has 1 aliphatic rings. The van der Waals surface area contributed by atoms with Crippen molar-refractivity contribution in [2.24, 2.45) is 0 Å². The number of H-pyrrole nitrogens is 1. The second-order valence-corrected chi connectivity index (χ2v) is 5.35. The van der Waals surface area contributed by atoms with Gasteiger partial charge in [0.25, 0.3) is 5.91 Å². The minimum absolute atomic E-state index is 0.0576. The summed E-state index contributed by atoms with van der Waals surface area (Å²) in [6, 6.07) is 14.0. The van der Waals surface area contributed by atoms with Crippen molar-refractivity contribution in [1.29, 1.82) is 0 Å². The van der Waals surface area contributed by atoms with Gasteiger partial charge in [0.2, 0.25) is 0 Å². The second kappa shape index (κ2) is 4.74. The quantitative estimate of drug-likeness (QED) is 0.743. The summed E-state index contributed by atoms with van der Waals surface area (Å²) < 4.78 is 0. The van der Waals surface area contributed by atoms with E-state index < -0.39 is 0 Å². The van der Waals surface area contributed by atoms with Crippen LogP contribution in [0.3, 0.4) is 0 Å². The van der Waals surface area contributed by atoms with Gasteiger partial charge in [0, 0.05) is 13.1 Å². The molecule has 1 N–H and O–H groups in total. The number of nitrogens with zero attached hydrogens (tertiary/aromatic N) is 2. The van der Waals surface area contributed by atoms with Gasteiger partial charge >= 0.3 is 0 Å². The Balaban J connectivity index is 1.69. The number of hydrogen-bond acceptors (Lipinski definition) is 2. The summed E-state index contributed by atoms with van der Waals surface area (Å²) in [7, 11) is 0. The van der Waals surface area contributed by atoms with E-state index in [0.717, 1.165) is 24.0 Å². The molecule has 0 unspecified atom stereocenters. The molecule has 4 heteroatoms. The monoisotopic (exact) mass is 277 g/mol. The summed E-state index contributed by atoms with van der Waals surface area (Å²) in [5.41, 5.74) is 4.92. The third-order valence-electron chi connectivity index (χ3n) is 4.10. The van der Waals surface area contributed by atoms with E-state index in [4.69, 9.17) is 0 Å². The first-order valence-corrected chi connectivity index (χ1v) is 7.11. The molecule has 1 aromatic heterocycles. The molecule has 0 bridgehead atoms. The summed E-state index contributed by atoms with van der Waals surface area (Å²) in [6.45, 7) is 1.44. The zero-order valence-electron chi connectivity index (χ0n) is 11.5. The van der Waals surface area contributed by atoms with Crippen LogP contribution in [-0.2, 0) is 13.0 Å². The van der Waals surface area contributed by atoms with Gasteiger partial charge in [-0.25, -0.2) is 4.98 Å². The highest BCUT2D eigenvalue weighted by atomic mass is 16.2. The number of para-hydroxylation sites is 1. The maximum Gasteiger partial charge on any atom is 0.256 e. The standard InChI is InChI=1S/C17H15N3O/c21-17(14-6-3-7-15-16(14)19-11-18-15)20-9-8-12-4-1-2-5-13(12)10-20/h1-7,11H,8-10H2,(H,18,19). The van der Waals surface area contributed by atoms with Gasteiger partial charge in [0.15, 0.2) is 0 Å². The van der Waals surface area contributed by atoms with Crippen molar-refractivity contribution in [1.82, 2.24) is 14.9 Å². The summed E-state index contributed by atoms with van der Waals surface area (Å²) in [4.78, 5) is 22.0. The van der Waals surface area contributed by atoms with Crippen LogP contribution in [0.15, 0.2) is 48.8 Å². The molecule has 21 heavy (non-hydrogen) atoms. The van der Waals surface area contributed by atoms with Crippen molar-refractivity contribution >= 4 is 16.9 Å². The van der Waals surface area contributed by atoms with E-state index in [1.54, 1.807) is 6.33 Å². The number of imidazole rings is 1. The number of hydrogen-bond donors (Lipinski definition) is 1. The zero-order chi connectivity index (χ0) is 14.2. The molecule has 1 aliphatic heterocycles. The van der Waals surface area contributed by atoms with Crippen molar-refractivity contribution in [3.8, 4) is 0 Å². The van der Waals surface area contributed by atoms with Gasteiger partial charge < -0.3 is 9.88 Å². The molecule has 2 heterocycles. The van der Waals surface area contributed by atoms with Gasteiger partial charge in [-0.15, -0.1) is 0 Å². The Kier molecular flexibility index (Phi) is 2.74. The first-order valence-electron chi connectivity index (χ1n) is 7.11. The summed E-state index contributed by atoms with van der Waals surface area (Å²) in [5.74, 6) is 0.0576. The predicted octanol–water partition coefficient (Wildman–Crippen LogP) is 2.76. The highest BCUT2D eigenvalue weighted by Gasteiger charge is 2.23. The maximum absolute atomic E-state index is 12.8. The zero-order valence-corrected chi connectivity index (χ0v) is 11.5. The Morgan fingerprint density at radius 1 is 1.10 bits per heavy atom. The number of carbonyl (C=O) groups excluding carboxylic acids is 1. The number of rotatable bonds is 1. The number of carbonyl (C=O) groups is 1. The minimum atomic E-state index is 0.0576. The van der Waals surface area contributed by atoms with E-state index in [0.29, 0.717) is 12.1 Å². The molecule has 4 rings (SSSR count).